The van der Waals surface area contributed by atoms with Crippen molar-refractivity contribution in [1.82, 2.24) is 13.6 Å². The Labute approximate surface area is 104 Å². The molecule has 0 unspecified atom stereocenters. The van der Waals surface area contributed by atoms with Crippen LogP contribution in [0.25, 0.3) is 0 Å². The lowest BCUT2D eigenvalue weighted by atomic mass is 9.90. The van der Waals surface area contributed by atoms with E-state index in [1.165, 1.54) is 12.8 Å². The summed E-state index contributed by atoms with van der Waals surface area (Å²) in [5.41, 5.74) is 0.473. The van der Waals surface area contributed by atoms with Gasteiger partial charge in [0, 0.05) is 6.54 Å². The van der Waals surface area contributed by atoms with E-state index in [1.807, 2.05) is 4.90 Å². The first-order valence-electron chi connectivity index (χ1n) is 6.06. The Bertz CT molecular complexity index is 393. The van der Waals surface area contributed by atoms with Crippen LogP contribution >= 0.6 is 11.7 Å². The molecule has 5 nitrogen and oxygen atoms in total. The minimum atomic E-state index is 0.0129. The van der Waals surface area contributed by atoms with Crippen molar-refractivity contribution in [3.8, 4) is 0 Å². The molecule has 1 saturated heterocycles. The zero-order valence-corrected chi connectivity index (χ0v) is 10.4. The zero-order valence-electron chi connectivity index (χ0n) is 9.54. The Morgan fingerprint density at radius 3 is 3.18 bits per heavy atom. The summed E-state index contributed by atoms with van der Waals surface area (Å²) in [7, 11) is 0. The second kappa shape index (κ2) is 4.70. The summed E-state index contributed by atoms with van der Waals surface area (Å²) in [5, 5.41) is 0. The summed E-state index contributed by atoms with van der Waals surface area (Å²) >= 11 is 1.08. The number of nitrogens with zero attached hydrogens (tertiary/aromatic N) is 3. The van der Waals surface area contributed by atoms with E-state index >= 15 is 0 Å². The fourth-order valence-electron chi connectivity index (χ4n) is 2.75. The molecular weight excluding hydrogens is 238 g/mol. The van der Waals surface area contributed by atoms with Gasteiger partial charge in [0.15, 0.2) is 5.69 Å². The molecule has 0 radical (unpaired) electrons. The number of rotatable bonds is 1. The van der Waals surface area contributed by atoms with Crippen LogP contribution in [0.3, 0.4) is 0 Å². The lowest BCUT2D eigenvalue weighted by Crippen LogP contribution is -2.54. The Kier molecular flexibility index (Phi) is 3.07. The molecule has 6 heteroatoms. The van der Waals surface area contributed by atoms with Crippen LogP contribution in [-0.2, 0) is 4.74 Å². The van der Waals surface area contributed by atoms with E-state index in [-0.39, 0.29) is 18.1 Å². The van der Waals surface area contributed by atoms with Crippen molar-refractivity contribution in [2.45, 2.75) is 37.8 Å². The van der Waals surface area contributed by atoms with Crippen LogP contribution in [-0.4, -0.2) is 44.9 Å². The molecule has 2 aliphatic rings. The molecule has 0 N–H and O–H groups in total. The lowest BCUT2D eigenvalue weighted by Gasteiger charge is -2.43. The van der Waals surface area contributed by atoms with Crippen LogP contribution < -0.4 is 0 Å². The van der Waals surface area contributed by atoms with Crippen molar-refractivity contribution in [2.24, 2.45) is 0 Å². The summed E-state index contributed by atoms with van der Waals surface area (Å²) in [4.78, 5) is 14.2. The van der Waals surface area contributed by atoms with Crippen LogP contribution in [0.15, 0.2) is 6.20 Å². The second-order valence-corrected chi connectivity index (χ2v) is 5.11. The van der Waals surface area contributed by atoms with Gasteiger partial charge in [-0.1, -0.05) is 12.8 Å². The van der Waals surface area contributed by atoms with Crippen LogP contribution in [0.4, 0.5) is 0 Å². The summed E-state index contributed by atoms with van der Waals surface area (Å²) in [6, 6.07) is 0.242. The van der Waals surface area contributed by atoms with E-state index < -0.39 is 0 Å². The van der Waals surface area contributed by atoms with Gasteiger partial charge in [-0.05, 0) is 12.8 Å². The highest BCUT2D eigenvalue weighted by molar-refractivity contribution is 6.99. The largest absolute Gasteiger partial charge is 0.374 e. The number of hydrogen-bond acceptors (Lipinski definition) is 5. The Hall–Kier alpha value is -1.01. The van der Waals surface area contributed by atoms with Gasteiger partial charge in [0.2, 0.25) is 0 Å². The third-order valence-electron chi connectivity index (χ3n) is 3.57. The maximum Gasteiger partial charge on any atom is 0.275 e. The van der Waals surface area contributed by atoms with Crippen molar-refractivity contribution < 1.29 is 9.53 Å². The van der Waals surface area contributed by atoms with Gasteiger partial charge in [-0.2, -0.15) is 8.75 Å². The molecule has 1 aromatic heterocycles. The van der Waals surface area contributed by atoms with Crippen LogP contribution in [0.1, 0.15) is 36.2 Å². The maximum atomic E-state index is 12.3. The molecule has 17 heavy (non-hydrogen) atoms. The van der Waals surface area contributed by atoms with E-state index in [4.69, 9.17) is 4.74 Å². The highest BCUT2D eigenvalue weighted by Crippen LogP contribution is 2.29. The van der Waals surface area contributed by atoms with Crippen molar-refractivity contribution in [3.05, 3.63) is 11.9 Å². The molecule has 92 valence electrons. The zero-order chi connectivity index (χ0) is 11.7. The molecule has 1 aliphatic carbocycles. The van der Waals surface area contributed by atoms with Gasteiger partial charge >= 0.3 is 0 Å². The molecule has 1 aromatic rings. The van der Waals surface area contributed by atoms with Gasteiger partial charge < -0.3 is 9.64 Å². The monoisotopic (exact) mass is 253 g/mol. The Morgan fingerprint density at radius 2 is 2.35 bits per heavy atom. The summed E-state index contributed by atoms with van der Waals surface area (Å²) in [6.45, 7) is 1.32. The normalized spacial score (nSPS) is 28.8. The second-order valence-electron chi connectivity index (χ2n) is 4.55. The van der Waals surface area contributed by atoms with Crippen molar-refractivity contribution >= 4 is 17.6 Å². The fourth-order valence-corrected chi connectivity index (χ4v) is 3.16. The first kappa shape index (κ1) is 11.1. The Balaban J connectivity index is 1.79. The van der Waals surface area contributed by atoms with E-state index in [9.17, 15) is 4.79 Å². The van der Waals surface area contributed by atoms with Crippen molar-refractivity contribution in [3.63, 3.8) is 0 Å². The highest BCUT2D eigenvalue weighted by atomic mass is 32.1. The molecule has 2 heterocycles. The SMILES string of the molecule is O=C(c1cnsn1)N1CCO[C@@H]2CCCC[C@H]21. The molecule has 0 aromatic carbocycles. The first-order valence-corrected chi connectivity index (χ1v) is 6.79. The van der Waals surface area contributed by atoms with Gasteiger partial charge in [-0.15, -0.1) is 0 Å². The van der Waals surface area contributed by atoms with Crippen LogP contribution in [0.5, 0.6) is 0 Å². The smallest absolute Gasteiger partial charge is 0.275 e. The van der Waals surface area contributed by atoms with Gasteiger partial charge in [-0.3, -0.25) is 4.79 Å². The number of amides is 1. The molecule has 2 atom stereocenters. The summed E-state index contributed by atoms with van der Waals surface area (Å²) in [5.74, 6) is 0.0129. The molecule has 1 aliphatic heterocycles. The van der Waals surface area contributed by atoms with E-state index in [0.717, 1.165) is 24.6 Å². The fraction of sp³-hybridized carbons (Fsp3) is 0.727. The summed E-state index contributed by atoms with van der Waals surface area (Å²) < 4.78 is 13.7. The molecule has 0 spiro atoms. The predicted molar refractivity (Wildman–Crippen MR) is 62.9 cm³/mol. The third-order valence-corrected chi connectivity index (χ3v) is 4.05. The average molecular weight is 253 g/mol. The molecule has 2 fully saturated rings. The number of carbonyl (C=O) groups is 1. The molecule has 0 bridgehead atoms. The molecule has 1 saturated carbocycles. The number of morpholine rings is 1. The van der Waals surface area contributed by atoms with Gasteiger partial charge in [0.25, 0.3) is 5.91 Å². The highest BCUT2D eigenvalue weighted by Gasteiger charge is 2.37. The number of aromatic nitrogens is 2. The van der Waals surface area contributed by atoms with Crippen molar-refractivity contribution in [1.29, 1.82) is 0 Å². The number of carbonyl (C=O) groups excluding carboxylic acids is 1. The first-order chi connectivity index (χ1) is 8.36. The van der Waals surface area contributed by atoms with Crippen molar-refractivity contribution in [2.75, 3.05) is 13.2 Å². The van der Waals surface area contributed by atoms with E-state index in [1.54, 1.807) is 6.20 Å². The van der Waals surface area contributed by atoms with Gasteiger partial charge in [0.1, 0.15) is 0 Å². The lowest BCUT2D eigenvalue weighted by molar-refractivity contribution is -0.0754. The number of hydrogen-bond donors (Lipinski definition) is 0. The van der Waals surface area contributed by atoms with Crippen LogP contribution in [0, 0.1) is 0 Å². The topological polar surface area (TPSA) is 55.3 Å². The van der Waals surface area contributed by atoms with Crippen LogP contribution in [0.2, 0.25) is 0 Å². The minimum Gasteiger partial charge on any atom is -0.374 e. The molecule has 3 rings (SSSR count). The van der Waals surface area contributed by atoms with E-state index in [2.05, 4.69) is 8.75 Å². The number of fused-ring (bicyclic) bond motifs is 1. The quantitative estimate of drug-likeness (QED) is 0.757. The van der Waals surface area contributed by atoms with Gasteiger partial charge in [-0.25, -0.2) is 0 Å². The third kappa shape index (κ3) is 2.07. The Morgan fingerprint density at radius 1 is 1.47 bits per heavy atom. The maximum absolute atomic E-state index is 12.3. The minimum absolute atomic E-state index is 0.0129. The average Bonchev–Trinajstić information content (AvgIpc) is 2.91. The van der Waals surface area contributed by atoms with Gasteiger partial charge in [0.05, 0.1) is 36.7 Å². The standard InChI is InChI=1S/C11H15N3O2S/c15-11(8-7-12-17-13-8)14-5-6-16-10-4-2-1-3-9(10)14/h7,9-10H,1-6H2/t9-,10-/m1/s1. The summed E-state index contributed by atoms with van der Waals surface area (Å²) in [6.07, 6.45) is 6.30. The predicted octanol–water partition coefficient (Wildman–Crippen LogP) is 1.32. The number of ether oxygens (including phenoxy) is 1. The van der Waals surface area contributed by atoms with E-state index in [0.29, 0.717) is 18.8 Å². The molecular formula is C11H15N3O2S. The molecule has 1 amide bonds.